The number of allylic oxidation sites excluding steroid dienone is 6. The van der Waals surface area contributed by atoms with E-state index in [4.69, 9.17) is 9.47 Å². The van der Waals surface area contributed by atoms with Crippen molar-refractivity contribution >= 4 is 23.9 Å². The van der Waals surface area contributed by atoms with Gasteiger partial charge in [-0.05, 0) is 85.0 Å². The zero-order chi connectivity index (χ0) is 30.8. The maximum atomic E-state index is 11.8. The zero-order valence-electron chi connectivity index (χ0n) is 26.6. The van der Waals surface area contributed by atoms with E-state index in [9.17, 15) is 19.2 Å². The topological polar surface area (TPSA) is 96.0 Å². The lowest BCUT2D eigenvalue weighted by Crippen LogP contribution is -2.36. The Balaban J connectivity index is 0.000000176. The van der Waals surface area contributed by atoms with Crippen molar-refractivity contribution in [2.45, 2.75) is 131 Å². The first-order valence-electron chi connectivity index (χ1n) is 16.1. The molecule has 3 saturated heterocycles. The summed E-state index contributed by atoms with van der Waals surface area (Å²) >= 11 is 0. The summed E-state index contributed by atoms with van der Waals surface area (Å²) in [5, 5.41) is 0. The van der Waals surface area contributed by atoms with Crippen LogP contribution in [0.1, 0.15) is 120 Å². The molecule has 6 atom stereocenters. The quantitative estimate of drug-likeness (QED) is 0.141. The summed E-state index contributed by atoms with van der Waals surface area (Å²) in [6.45, 7) is 14.8. The highest BCUT2D eigenvalue weighted by atomic mass is 16.6. The molecule has 240 valence electrons. The number of cyclic esters (lactones) is 4. The molecule has 0 radical (unpaired) electrons. The van der Waals surface area contributed by atoms with Crippen LogP contribution in [0.25, 0.3) is 0 Å². The van der Waals surface area contributed by atoms with Gasteiger partial charge in [-0.2, -0.15) is 0 Å². The lowest BCUT2D eigenvalue weighted by molar-refractivity contribution is -0.154. The van der Waals surface area contributed by atoms with Crippen LogP contribution < -0.4 is 0 Å². The Morgan fingerprint density at radius 2 is 0.977 bits per heavy atom. The van der Waals surface area contributed by atoms with Gasteiger partial charge in [-0.1, -0.05) is 70.1 Å². The van der Waals surface area contributed by atoms with E-state index >= 15 is 0 Å². The summed E-state index contributed by atoms with van der Waals surface area (Å²) in [5.74, 6) is 0.121. The summed E-state index contributed by atoms with van der Waals surface area (Å²) in [6.07, 6.45) is 15.5. The van der Waals surface area contributed by atoms with Gasteiger partial charge in [-0.15, -0.1) is 0 Å². The van der Waals surface area contributed by atoms with Crippen molar-refractivity contribution < 1.29 is 33.4 Å². The molecule has 0 amide bonds. The van der Waals surface area contributed by atoms with E-state index in [1.165, 1.54) is 16.7 Å². The average Bonchev–Trinajstić information content (AvgIpc) is 3.54. The maximum Gasteiger partial charge on any atom is 0.317 e. The summed E-state index contributed by atoms with van der Waals surface area (Å²) < 4.78 is 15.9. The number of ether oxygens (including phenoxy) is 3. The van der Waals surface area contributed by atoms with E-state index in [0.717, 1.165) is 51.4 Å². The van der Waals surface area contributed by atoms with Crippen LogP contribution in [-0.2, 0) is 33.4 Å². The molecular weight excluding hydrogens is 544 g/mol. The second-order valence-electron chi connectivity index (χ2n) is 13.2. The van der Waals surface area contributed by atoms with Crippen LogP contribution in [0, 0.1) is 35.5 Å². The SMILES string of the molecule is C.CC1=CCC2C(=O)OC(=O)C2C1.CCC1(CC)OC(=O)C2CC(C)=CCC21.CCC1(CC)OC(=O)C2CC=C(C)CC21. The van der Waals surface area contributed by atoms with Gasteiger partial charge in [0.1, 0.15) is 11.2 Å². The number of carbonyl (C=O) groups excluding carboxylic acids is 4. The third-order valence-electron chi connectivity index (χ3n) is 11.0. The van der Waals surface area contributed by atoms with E-state index in [-0.39, 0.29) is 66.2 Å². The van der Waals surface area contributed by atoms with E-state index in [1.54, 1.807) is 0 Å². The highest BCUT2D eigenvalue weighted by Crippen LogP contribution is 2.49. The lowest BCUT2D eigenvalue weighted by Gasteiger charge is -2.34. The average molecular weight is 599 g/mol. The van der Waals surface area contributed by atoms with Crippen LogP contribution in [0.3, 0.4) is 0 Å². The minimum absolute atomic E-state index is 0. The summed E-state index contributed by atoms with van der Waals surface area (Å²) in [4.78, 5) is 45.8. The lowest BCUT2D eigenvalue weighted by atomic mass is 9.71. The van der Waals surface area contributed by atoms with Crippen molar-refractivity contribution in [2.24, 2.45) is 35.5 Å². The van der Waals surface area contributed by atoms with Gasteiger partial charge >= 0.3 is 23.9 Å². The summed E-state index contributed by atoms with van der Waals surface area (Å²) in [5.41, 5.74) is 3.61. The molecule has 6 rings (SSSR count). The normalized spacial score (nSPS) is 32.8. The summed E-state index contributed by atoms with van der Waals surface area (Å²) in [7, 11) is 0. The van der Waals surface area contributed by atoms with E-state index < -0.39 is 0 Å². The molecule has 0 aromatic heterocycles. The zero-order valence-corrected chi connectivity index (χ0v) is 26.6. The predicted molar refractivity (Wildman–Crippen MR) is 167 cm³/mol. The highest BCUT2D eigenvalue weighted by Gasteiger charge is 2.54. The number of hydrogen-bond donors (Lipinski definition) is 0. The number of carbonyl (C=O) groups is 4. The molecule has 0 saturated carbocycles. The van der Waals surface area contributed by atoms with E-state index in [2.05, 4.69) is 58.4 Å². The molecule has 3 aliphatic carbocycles. The Kier molecular flexibility index (Phi) is 11.3. The molecule has 43 heavy (non-hydrogen) atoms. The van der Waals surface area contributed by atoms with Crippen molar-refractivity contribution in [3.63, 3.8) is 0 Å². The Morgan fingerprint density at radius 3 is 1.53 bits per heavy atom. The Bertz CT molecular complexity index is 1170. The second kappa shape index (κ2) is 13.9. The molecule has 3 aliphatic heterocycles. The van der Waals surface area contributed by atoms with E-state index in [1.807, 2.05) is 13.0 Å². The smallest absolute Gasteiger partial charge is 0.317 e. The van der Waals surface area contributed by atoms with E-state index in [0.29, 0.717) is 24.7 Å². The minimum atomic E-state index is -0.339. The van der Waals surface area contributed by atoms with Crippen LogP contribution in [0.2, 0.25) is 0 Å². The molecule has 6 unspecified atom stereocenters. The van der Waals surface area contributed by atoms with Gasteiger partial charge in [-0.3, -0.25) is 19.2 Å². The first-order valence-corrected chi connectivity index (χ1v) is 16.1. The standard InChI is InChI=1S/2C13H20O2.C9H10O3.CH4/c1-4-13(5-2)11-7-6-9(3)8-10(11)12(14)15-13;1-4-13(5-2)11-8-9(3)6-7-10(11)12(14)15-13;1-5-2-3-6-7(4-5)9(11)12-8(6)10;/h2*6,10-11H,4-5,7-8H2,1-3H3;2,6-7H,3-4H2,1H3;1H4. The van der Waals surface area contributed by atoms with Gasteiger partial charge in [0.05, 0.1) is 23.7 Å². The van der Waals surface area contributed by atoms with Crippen LogP contribution >= 0.6 is 0 Å². The molecule has 7 heteroatoms. The number of esters is 4. The molecule has 0 spiro atoms. The highest BCUT2D eigenvalue weighted by molar-refractivity contribution is 5.96. The monoisotopic (exact) mass is 598 g/mol. The molecule has 0 N–H and O–H groups in total. The molecule has 3 heterocycles. The number of fused-ring (bicyclic) bond motifs is 3. The predicted octanol–water partition coefficient (Wildman–Crippen LogP) is 7.83. The molecular formula is C36H54O7. The first kappa shape index (κ1) is 34.8. The van der Waals surface area contributed by atoms with Crippen molar-refractivity contribution in [3.8, 4) is 0 Å². The van der Waals surface area contributed by atoms with Gasteiger partial charge in [0, 0.05) is 11.8 Å². The third kappa shape index (κ3) is 6.71. The molecule has 0 bridgehead atoms. The minimum Gasteiger partial charge on any atom is -0.459 e. The fraction of sp³-hybridized carbons (Fsp3) is 0.722. The largest absolute Gasteiger partial charge is 0.459 e. The van der Waals surface area contributed by atoms with Crippen molar-refractivity contribution in [2.75, 3.05) is 0 Å². The third-order valence-corrected chi connectivity index (χ3v) is 11.0. The fourth-order valence-corrected chi connectivity index (χ4v) is 8.14. The van der Waals surface area contributed by atoms with Gasteiger partial charge in [-0.25, -0.2) is 0 Å². The van der Waals surface area contributed by atoms with Crippen LogP contribution in [0.4, 0.5) is 0 Å². The Labute approximate surface area is 258 Å². The van der Waals surface area contributed by atoms with Crippen LogP contribution in [0.5, 0.6) is 0 Å². The summed E-state index contributed by atoms with van der Waals surface area (Å²) in [6, 6.07) is 0. The van der Waals surface area contributed by atoms with Crippen molar-refractivity contribution in [1.82, 2.24) is 0 Å². The second-order valence-corrected chi connectivity index (χ2v) is 13.2. The maximum absolute atomic E-state index is 11.8. The molecule has 0 aromatic rings. The molecule has 6 aliphatic rings. The van der Waals surface area contributed by atoms with Crippen molar-refractivity contribution in [1.29, 1.82) is 0 Å². The Hall–Kier alpha value is -2.70. The first-order chi connectivity index (χ1) is 19.9. The molecule has 0 aromatic carbocycles. The van der Waals surface area contributed by atoms with Crippen LogP contribution in [0.15, 0.2) is 34.9 Å². The fourth-order valence-electron chi connectivity index (χ4n) is 8.14. The van der Waals surface area contributed by atoms with Gasteiger partial charge in [0.15, 0.2) is 0 Å². The molecule has 3 fully saturated rings. The Morgan fingerprint density at radius 1 is 0.558 bits per heavy atom. The number of rotatable bonds is 4. The number of hydrogen-bond acceptors (Lipinski definition) is 7. The van der Waals surface area contributed by atoms with Gasteiger partial charge in [0.2, 0.25) is 0 Å². The van der Waals surface area contributed by atoms with Gasteiger partial charge < -0.3 is 14.2 Å². The van der Waals surface area contributed by atoms with Gasteiger partial charge in [0.25, 0.3) is 0 Å². The van der Waals surface area contributed by atoms with Crippen molar-refractivity contribution in [3.05, 3.63) is 34.9 Å². The van der Waals surface area contributed by atoms with Crippen LogP contribution in [-0.4, -0.2) is 35.1 Å². The molecule has 7 nitrogen and oxygen atoms in total.